The molecule has 1 atom stereocenters. The molecule has 2 rings (SSSR count). The van der Waals surface area contributed by atoms with E-state index in [9.17, 15) is 4.79 Å². The van der Waals surface area contributed by atoms with Crippen LogP contribution in [0.4, 0.5) is 0 Å². The van der Waals surface area contributed by atoms with E-state index < -0.39 is 0 Å². The summed E-state index contributed by atoms with van der Waals surface area (Å²) in [6.07, 6.45) is 5.43. The molecule has 0 radical (unpaired) electrons. The third-order valence-corrected chi connectivity index (χ3v) is 3.58. The van der Waals surface area contributed by atoms with Crippen LogP contribution in [-0.4, -0.2) is 32.7 Å². The van der Waals surface area contributed by atoms with Gasteiger partial charge in [-0.05, 0) is 32.2 Å². The van der Waals surface area contributed by atoms with Crippen LogP contribution in [0.15, 0.2) is 30.6 Å². The number of thioether (sulfide) groups is 1. The van der Waals surface area contributed by atoms with Crippen LogP contribution in [0.1, 0.15) is 24.2 Å². The minimum Gasteiger partial charge on any atom is -0.349 e. The van der Waals surface area contributed by atoms with Gasteiger partial charge in [-0.2, -0.15) is 16.9 Å². The van der Waals surface area contributed by atoms with Crippen LogP contribution in [0, 0.1) is 6.92 Å². The molecule has 5 nitrogen and oxygen atoms in total. The molecule has 106 valence electrons. The topological polar surface area (TPSA) is 59.8 Å². The first kappa shape index (κ1) is 14.6. The fourth-order valence-electron chi connectivity index (χ4n) is 2.05. The second kappa shape index (κ2) is 6.56. The maximum absolute atomic E-state index is 11.6. The smallest absolute Gasteiger partial charge is 0.230 e. The summed E-state index contributed by atoms with van der Waals surface area (Å²) in [6, 6.07) is 5.63. The number of nitrogens with zero attached hydrogens (tertiary/aromatic N) is 3. The number of pyridine rings is 1. The Morgan fingerprint density at radius 2 is 2.30 bits per heavy atom. The Morgan fingerprint density at radius 1 is 1.50 bits per heavy atom. The van der Waals surface area contributed by atoms with Crippen LogP contribution >= 0.6 is 11.8 Å². The standard InChI is InChI=1S/C14H18N4OS/c1-10(17-14(19)9-20-3)12-8-16-18(11(12)2)13-6-4-5-7-15-13/h4-8,10H,9H2,1-3H3,(H,17,19)/t10-/m1/s1. The third kappa shape index (κ3) is 3.19. The molecule has 0 unspecified atom stereocenters. The first-order chi connectivity index (χ1) is 9.63. The maximum Gasteiger partial charge on any atom is 0.230 e. The summed E-state index contributed by atoms with van der Waals surface area (Å²) in [5, 5.41) is 7.33. The molecule has 0 aliphatic carbocycles. The summed E-state index contributed by atoms with van der Waals surface area (Å²) in [6.45, 7) is 3.94. The van der Waals surface area contributed by atoms with Crippen molar-refractivity contribution in [3.8, 4) is 5.82 Å². The quantitative estimate of drug-likeness (QED) is 0.916. The van der Waals surface area contributed by atoms with Crippen molar-refractivity contribution in [1.29, 1.82) is 0 Å². The van der Waals surface area contributed by atoms with Crippen LogP contribution < -0.4 is 5.32 Å². The van der Waals surface area contributed by atoms with Crippen LogP contribution in [0.25, 0.3) is 5.82 Å². The number of amides is 1. The summed E-state index contributed by atoms with van der Waals surface area (Å²) in [7, 11) is 0. The van der Waals surface area contributed by atoms with Crippen molar-refractivity contribution in [1.82, 2.24) is 20.1 Å². The van der Waals surface area contributed by atoms with Crippen LogP contribution in [-0.2, 0) is 4.79 Å². The zero-order valence-electron chi connectivity index (χ0n) is 11.8. The highest BCUT2D eigenvalue weighted by Gasteiger charge is 2.16. The monoisotopic (exact) mass is 290 g/mol. The Kier molecular flexibility index (Phi) is 4.79. The summed E-state index contributed by atoms with van der Waals surface area (Å²) in [4.78, 5) is 15.9. The minimum absolute atomic E-state index is 0.0370. The average Bonchev–Trinajstić information content (AvgIpc) is 2.82. The fraction of sp³-hybridized carbons (Fsp3) is 0.357. The van der Waals surface area contributed by atoms with Gasteiger partial charge in [-0.3, -0.25) is 4.79 Å². The number of hydrogen-bond acceptors (Lipinski definition) is 4. The van der Waals surface area contributed by atoms with Crippen molar-refractivity contribution in [2.75, 3.05) is 12.0 Å². The molecule has 0 aliphatic heterocycles. The van der Waals surface area contributed by atoms with Crippen molar-refractivity contribution < 1.29 is 4.79 Å². The summed E-state index contributed by atoms with van der Waals surface area (Å²) < 4.78 is 1.78. The van der Waals surface area contributed by atoms with Crippen LogP contribution in [0.2, 0.25) is 0 Å². The maximum atomic E-state index is 11.6. The molecule has 0 saturated carbocycles. The molecule has 0 fully saturated rings. The van der Waals surface area contributed by atoms with Gasteiger partial charge in [0.1, 0.15) is 0 Å². The van der Waals surface area contributed by atoms with E-state index in [0.29, 0.717) is 5.75 Å². The molecular formula is C14H18N4OS. The Hall–Kier alpha value is -1.82. The number of hydrogen-bond donors (Lipinski definition) is 1. The van der Waals surface area contributed by atoms with E-state index in [1.54, 1.807) is 17.1 Å². The van der Waals surface area contributed by atoms with E-state index in [-0.39, 0.29) is 11.9 Å². The molecule has 0 spiro atoms. The number of rotatable bonds is 5. The lowest BCUT2D eigenvalue weighted by atomic mass is 10.1. The largest absolute Gasteiger partial charge is 0.349 e. The number of carbonyl (C=O) groups excluding carboxylic acids is 1. The normalized spacial score (nSPS) is 12.2. The van der Waals surface area contributed by atoms with Gasteiger partial charge in [0.25, 0.3) is 0 Å². The predicted molar refractivity (Wildman–Crippen MR) is 81.0 cm³/mol. The molecule has 2 aromatic heterocycles. The molecule has 20 heavy (non-hydrogen) atoms. The second-order valence-electron chi connectivity index (χ2n) is 4.51. The van der Waals surface area contributed by atoms with E-state index in [4.69, 9.17) is 0 Å². The van der Waals surface area contributed by atoms with E-state index in [1.807, 2.05) is 38.3 Å². The molecule has 0 saturated heterocycles. The third-order valence-electron chi connectivity index (χ3n) is 3.03. The lowest BCUT2D eigenvalue weighted by Gasteiger charge is -2.13. The van der Waals surface area contributed by atoms with Gasteiger partial charge in [0.2, 0.25) is 5.91 Å². The SMILES string of the molecule is CSCC(=O)N[C@H](C)c1cnn(-c2ccccn2)c1C. The van der Waals surface area contributed by atoms with Gasteiger partial charge in [0, 0.05) is 17.5 Å². The lowest BCUT2D eigenvalue weighted by molar-refractivity contribution is -0.119. The van der Waals surface area contributed by atoms with E-state index >= 15 is 0 Å². The molecule has 2 aromatic rings. The van der Waals surface area contributed by atoms with E-state index in [1.165, 1.54) is 11.8 Å². The van der Waals surface area contributed by atoms with E-state index in [0.717, 1.165) is 17.1 Å². The molecule has 1 amide bonds. The Morgan fingerprint density at radius 3 is 2.95 bits per heavy atom. The molecule has 0 bridgehead atoms. The first-order valence-corrected chi connectivity index (χ1v) is 7.77. The number of carbonyl (C=O) groups is 1. The van der Waals surface area contributed by atoms with Gasteiger partial charge in [-0.25, -0.2) is 9.67 Å². The average molecular weight is 290 g/mol. The van der Waals surface area contributed by atoms with E-state index in [2.05, 4.69) is 15.4 Å². The Balaban J connectivity index is 2.19. The molecule has 1 N–H and O–H groups in total. The highest BCUT2D eigenvalue weighted by atomic mass is 32.2. The summed E-state index contributed by atoms with van der Waals surface area (Å²) >= 11 is 1.51. The Labute approximate surface area is 122 Å². The number of nitrogens with one attached hydrogen (secondary N) is 1. The zero-order valence-corrected chi connectivity index (χ0v) is 12.6. The van der Waals surface area contributed by atoms with Gasteiger partial charge < -0.3 is 5.32 Å². The van der Waals surface area contributed by atoms with Crippen molar-refractivity contribution >= 4 is 17.7 Å². The van der Waals surface area contributed by atoms with Crippen molar-refractivity contribution in [3.05, 3.63) is 41.9 Å². The molecular weight excluding hydrogens is 272 g/mol. The minimum atomic E-state index is -0.0629. The highest BCUT2D eigenvalue weighted by Crippen LogP contribution is 2.19. The van der Waals surface area contributed by atoms with Crippen LogP contribution in [0.5, 0.6) is 0 Å². The second-order valence-corrected chi connectivity index (χ2v) is 5.37. The van der Waals surface area contributed by atoms with Crippen LogP contribution in [0.3, 0.4) is 0 Å². The lowest BCUT2D eigenvalue weighted by Crippen LogP contribution is -2.28. The van der Waals surface area contributed by atoms with Gasteiger partial charge in [0.05, 0.1) is 18.0 Å². The fourth-order valence-corrected chi connectivity index (χ4v) is 2.39. The highest BCUT2D eigenvalue weighted by molar-refractivity contribution is 7.99. The molecule has 6 heteroatoms. The van der Waals surface area contributed by atoms with Crippen molar-refractivity contribution in [3.63, 3.8) is 0 Å². The summed E-state index contributed by atoms with van der Waals surface area (Å²) in [5.74, 6) is 1.28. The van der Waals surface area contributed by atoms with Crippen molar-refractivity contribution in [2.45, 2.75) is 19.9 Å². The zero-order chi connectivity index (χ0) is 14.5. The summed E-state index contributed by atoms with van der Waals surface area (Å²) in [5.41, 5.74) is 1.99. The first-order valence-electron chi connectivity index (χ1n) is 6.37. The number of aromatic nitrogens is 3. The van der Waals surface area contributed by atoms with Gasteiger partial charge in [-0.15, -0.1) is 0 Å². The molecule has 0 aliphatic rings. The predicted octanol–water partition coefficient (Wildman–Crippen LogP) is 2.12. The van der Waals surface area contributed by atoms with Gasteiger partial charge in [0.15, 0.2) is 5.82 Å². The Bertz CT molecular complexity index is 582. The van der Waals surface area contributed by atoms with Gasteiger partial charge in [-0.1, -0.05) is 6.07 Å². The van der Waals surface area contributed by atoms with Gasteiger partial charge >= 0.3 is 0 Å². The molecule has 0 aromatic carbocycles. The van der Waals surface area contributed by atoms with Crippen molar-refractivity contribution in [2.24, 2.45) is 0 Å². The molecule has 2 heterocycles.